The van der Waals surface area contributed by atoms with Crippen molar-refractivity contribution in [3.8, 4) is 0 Å². The van der Waals surface area contributed by atoms with Crippen LogP contribution < -0.4 is 11.1 Å². The first-order valence-electron chi connectivity index (χ1n) is 6.36. The van der Waals surface area contributed by atoms with Crippen molar-refractivity contribution >= 4 is 18.3 Å². The molecule has 3 nitrogen and oxygen atoms in total. The van der Waals surface area contributed by atoms with Gasteiger partial charge in [0.2, 0.25) is 5.91 Å². The lowest BCUT2D eigenvalue weighted by atomic mass is 10.0. The van der Waals surface area contributed by atoms with E-state index in [0.717, 1.165) is 25.8 Å². The van der Waals surface area contributed by atoms with Crippen molar-refractivity contribution in [1.82, 2.24) is 5.32 Å². The highest BCUT2D eigenvalue weighted by Crippen LogP contribution is 2.32. The Morgan fingerprint density at radius 2 is 2.17 bits per heavy atom. The van der Waals surface area contributed by atoms with Crippen LogP contribution >= 0.6 is 12.4 Å². The van der Waals surface area contributed by atoms with Gasteiger partial charge in [0.25, 0.3) is 0 Å². The largest absolute Gasteiger partial charge is 0.355 e. The predicted octanol–water partition coefficient (Wildman–Crippen LogP) is 1.99. The molecular formula is C14H21ClN2O. The fourth-order valence-corrected chi connectivity index (χ4v) is 2.45. The molecular weight excluding hydrogens is 248 g/mol. The third-order valence-electron chi connectivity index (χ3n) is 3.41. The number of carbonyl (C=O) groups is 1. The van der Waals surface area contributed by atoms with Gasteiger partial charge in [-0.3, -0.25) is 4.79 Å². The van der Waals surface area contributed by atoms with Gasteiger partial charge in [-0.1, -0.05) is 24.3 Å². The van der Waals surface area contributed by atoms with E-state index in [1.807, 2.05) is 0 Å². The maximum absolute atomic E-state index is 11.5. The summed E-state index contributed by atoms with van der Waals surface area (Å²) in [7, 11) is 0. The Morgan fingerprint density at radius 3 is 2.94 bits per heavy atom. The summed E-state index contributed by atoms with van der Waals surface area (Å²) >= 11 is 0. The van der Waals surface area contributed by atoms with Crippen molar-refractivity contribution in [2.24, 2.45) is 5.73 Å². The second kappa shape index (κ2) is 7.39. The van der Waals surface area contributed by atoms with Crippen LogP contribution in [-0.2, 0) is 11.2 Å². The number of hydrogen-bond donors (Lipinski definition) is 2. The normalized spacial score (nSPS) is 16.8. The van der Waals surface area contributed by atoms with E-state index < -0.39 is 0 Å². The third-order valence-corrected chi connectivity index (χ3v) is 3.41. The smallest absolute Gasteiger partial charge is 0.220 e. The molecule has 2 rings (SSSR count). The fourth-order valence-electron chi connectivity index (χ4n) is 2.45. The van der Waals surface area contributed by atoms with Crippen LogP contribution in [0.5, 0.6) is 0 Å². The van der Waals surface area contributed by atoms with E-state index in [2.05, 4.69) is 29.6 Å². The van der Waals surface area contributed by atoms with E-state index in [1.165, 1.54) is 11.1 Å². The first-order valence-corrected chi connectivity index (χ1v) is 6.36. The molecule has 0 saturated heterocycles. The van der Waals surface area contributed by atoms with Crippen LogP contribution in [0.15, 0.2) is 24.3 Å². The van der Waals surface area contributed by atoms with E-state index in [9.17, 15) is 4.79 Å². The number of amides is 1. The standard InChI is InChI=1S/C14H20N2O.ClH/c15-9-3-6-14(17)16-10-12-8-7-11-4-1-2-5-13(11)12;/h1-2,4-5,12H,3,6-10,15H2,(H,16,17);1H. The molecule has 1 aliphatic carbocycles. The summed E-state index contributed by atoms with van der Waals surface area (Å²) in [6.45, 7) is 1.35. The SMILES string of the molecule is Cl.NCCCC(=O)NCC1CCc2ccccc21. The Morgan fingerprint density at radius 1 is 1.39 bits per heavy atom. The maximum Gasteiger partial charge on any atom is 0.220 e. The lowest BCUT2D eigenvalue weighted by Gasteiger charge is -2.12. The molecule has 3 N–H and O–H groups in total. The number of nitrogens with two attached hydrogens (primary N) is 1. The zero-order valence-corrected chi connectivity index (χ0v) is 11.3. The van der Waals surface area contributed by atoms with Crippen LogP contribution in [0.3, 0.4) is 0 Å². The van der Waals surface area contributed by atoms with Crippen molar-refractivity contribution in [2.75, 3.05) is 13.1 Å². The minimum atomic E-state index is 0. The number of hydrogen-bond acceptors (Lipinski definition) is 2. The topological polar surface area (TPSA) is 55.1 Å². The van der Waals surface area contributed by atoms with Gasteiger partial charge in [-0.25, -0.2) is 0 Å². The molecule has 1 aliphatic rings. The van der Waals surface area contributed by atoms with Gasteiger partial charge >= 0.3 is 0 Å². The molecule has 0 aromatic heterocycles. The van der Waals surface area contributed by atoms with E-state index in [4.69, 9.17) is 5.73 Å². The van der Waals surface area contributed by atoms with Gasteiger partial charge < -0.3 is 11.1 Å². The lowest BCUT2D eigenvalue weighted by molar-refractivity contribution is -0.121. The number of fused-ring (bicyclic) bond motifs is 1. The quantitative estimate of drug-likeness (QED) is 0.858. The summed E-state index contributed by atoms with van der Waals surface area (Å²) in [5.41, 5.74) is 8.23. The summed E-state index contributed by atoms with van der Waals surface area (Å²) < 4.78 is 0. The molecule has 0 spiro atoms. The van der Waals surface area contributed by atoms with Crippen molar-refractivity contribution in [3.63, 3.8) is 0 Å². The highest BCUT2D eigenvalue weighted by molar-refractivity contribution is 5.85. The molecule has 0 heterocycles. The number of aryl methyl sites for hydroxylation is 1. The van der Waals surface area contributed by atoms with Crippen LogP contribution in [-0.4, -0.2) is 19.0 Å². The Kier molecular flexibility index (Phi) is 6.16. The summed E-state index contributed by atoms with van der Waals surface area (Å²) in [6, 6.07) is 8.53. The number of nitrogens with one attached hydrogen (secondary N) is 1. The van der Waals surface area contributed by atoms with Crippen LogP contribution in [0, 0.1) is 0 Å². The average Bonchev–Trinajstić information content (AvgIpc) is 2.77. The number of halogens is 1. The zero-order chi connectivity index (χ0) is 12.1. The van der Waals surface area contributed by atoms with Gasteiger partial charge in [0.1, 0.15) is 0 Å². The van der Waals surface area contributed by atoms with E-state index >= 15 is 0 Å². The Labute approximate surface area is 115 Å². The van der Waals surface area contributed by atoms with Crippen molar-refractivity contribution in [2.45, 2.75) is 31.6 Å². The summed E-state index contributed by atoms with van der Waals surface area (Å²) in [4.78, 5) is 11.5. The summed E-state index contributed by atoms with van der Waals surface area (Å²) in [5.74, 6) is 0.618. The Hall–Kier alpha value is -1.06. The fraction of sp³-hybridized carbons (Fsp3) is 0.500. The third kappa shape index (κ3) is 3.72. The van der Waals surface area contributed by atoms with Gasteiger partial charge in [-0.15, -0.1) is 12.4 Å². The van der Waals surface area contributed by atoms with E-state index in [1.54, 1.807) is 0 Å². The number of carbonyl (C=O) groups excluding carboxylic acids is 1. The predicted molar refractivity (Wildman–Crippen MR) is 76.1 cm³/mol. The minimum absolute atomic E-state index is 0. The zero-order valence-electron chi connectivity index (χ0n) is 10.5. The van der Waals surface area contributed by atoms with Crippen molar-refractivity contribution < 1.29 is 4.79 Å². The highest BCUT2D eigenvalue weighted by Gasteiger charge is 2.21. The summed E-state index contributed by atoms with van der Waals surface area (Å²) in [5, 5.41) is 3.01. The summed E-state index contributed by atoms with van der Waals surface area (Å²) in [6.07, 6.45) is 3.61. The minimum Gasteiger partial charge on any atom is -0.355 e. The molecule has 1 aromatic rings. The number of benzene rings is 1. The average molecular weight is 269 g/mol. The lowest BCUT2D eigenvalue weighted by Crippen LogP contribution is -2.28. The van der Waals surface area contributed by atoms with Crippen molar-refractivity contribution in [3.05, 3.63) is 35.4 Å². The molecule has 4 heteroatoms. The molecule has 0 radical (unpaired) electrons. The molecule has 0 saturated carbocycles. The maximum atomic E-state index is 11.5. The first-order chi connectivity index (χ1) is 8.31. The van der Waals surface area contributed by atoms with Gasteiger partial charge in [-0.05, 0) is 36.9 Å². The van der Waals surface area contributed by atoms with Crippen LogP contribution in [0.4, 0.5) is 0 Å². The van der Waals surface area contributed by atoms with E-state index in [0.29, 0.717) is 18.9 Å². The second-order valence-corrected chi connectivity index (χ2v) is 4.63. The molecule has 0 fully saturated rings. The van der Waals surface area contributed by atoms with Gasteiger partial charge in [0, 0.05) is 18.9 Å². The molecule has 1 atom stereocenters. The molecule has 18 heavy (non-hydrogen) atoms. The number of rotatable bonds is 5. The van der Waals surface area contributed by atoms with Crippen LogP contribution in [0.1, 0.15) is 36.3 Å². The molecule has 1 unspecified atom stereocenters. The van der Waals surface area contributed by atoms with E-state index in [-0.39, 0.29) is 18.3 Å². The molecule has 1 amide bonds. The second-order valence-electron chi connectivity index (χ2n) is 4.63. The van der Waals surface area contributed by atoms with Crippen molar-refractivity contribution in [1.29, 1.82) is 0 Å². The molecule has 1 aromatic carbocycles. The van der Waals surface area contributed by atoms with Gasteiger partial charge in [0.15, 0.2) is 0 Å². The molecule has 0 bridgehead atoms. The van der Waals surface area contributed by atoms with Gasteiger partial charge in [-0.2, -0.15) is 0 Å². The van der Waals surface area contributed by atoms with Gasteiger partial charge in [0.05, 0.1) is 0 Å². The highest BCUT2D eigenvalue weighted by atomic mass is 35.5. The Bertz CT molecular complexity index is 395. The van der Waals surface area contributed by atoms with Crippen LogP contribution in [0.25, 0.3) is 0 Å². The molecule has 100 valence electrons. The molecule has 0 aliphatic heterocycles. The Balaban J connectivity index is 0.00000162. The first kappa shape index (κ1) is 15.0. The monoisotopic (exact) mass is 268 g/mol. The van der Waals surface area contributed by atoms with Crippen LogP contribution in [0.2, 0.25) is 0 Å².